The van der Waals surface area contributed by atoms with E-state index in [1.807, 2.05) is 24.0 Å². The largest absolute Gasteiger partial charge is 0.275 e. The van der Waals surface area contributed by atoms with Crippen molar-refractivity contribution in [3.8, 4) is 11.3 Å². The lowest BCUT2D eigenvalue weighted by atomic mass is 10.2. The summed E-state index contributed by atoms with van der Waals surface area (Å²) < 4.78 is 1.84. The number of nitrogens with zero attached hydrogens (tertiary/aromatic N) is 2. The SMILES string of the molecule is Cn1ccc(-c2cccc([SH](C)C)c2)n1. The summed E-state index contributed by atoms with van der Waals surface area (Å²) in [5, 5.41) is 4.41. The summed E-state index contributed by atoms with van der Waals surface area (Å²) in [7, 11) is 1.91. The first kappa shape index (κ1) is 10.3. The van der Waals surface area contributed by atoms with Crippen LogP contribution in [0.15, 0.2) is 41.4 Å². The summed E-state index contributed by atoms with van der Waals surface area (Å²) in [4.78, 5) is 1.42. The lowest BCUT2D eigenvalue weighted by molar-refractivity contribution is 0.771. The van der Waals surface area contributed by atoms with Gasteiger partial charge in [-0.05, 0) is 29.5 Å². The quantitative estimate of drug-likeness (QED) is 0.770. The van der Waals surface area contributed by atoms with E-state index in [4.69, 9.17) is 0 Å². The highest BCUT2D eigenvalue weighted by Gasteiger charge is 2.02. The van der Waals surface area contributed by atoms with Crippen molar-refractivity contribution >= 4 is 10.9 Å². The molecule has 0 aliphatic rings. The molecule has 2 aromatic rings. The molecule has 15 heavy (non-hydrogen) atoms. The topological polar surface area (TPSA) is 17.8 Å². The molecular weight excluding hydrogens is 204 g/mol. The third kappa shape index (κ3) is 2.23. The van der Waals surface area contributed by atoms with Gasteiger partial charge in [0.1, 0.15) is 0 Å². The van der Waals surface area contributed by atoms with Crippen LogP contribution in [0.4, 0.5) is 0 Å². The Balaban J connectivity index is 2.41. The summed E-state index contributed by atoms with van der Waals surface area (Å²) >= 11 is 0. The van der Waals surface area contributed by atoms with E-state index in [1.54, 1.807) is 0 Å². The molecule has 3 heteroatoms. The second kappa shape index (κ2) is 4.11. The number of aromatic nitrogens is 2. The molecule has 0 atom stereocenters. The molecule has 0 aliphatic carbocycles. The maximum absolute atomic E-state index is 4.41. The second-order valence-corrected chi connectivity index (χ2v) is 6.12. The third-order valence-electron chi connectivity index (χ3n) is 2.37. The molecular formula is C12H16N2S. The Bertz CT molecular complexity index is 460. The normalized spacial score (nSPS) is 11.5. The predicted molar refractivity (Wildman–Crippen MR) is 67.7 cm³/mol. The molecule has 0 spiro atoms. The van der Waals surface area contributed by atoms with E-state index in [0.29, 0.717) is 0 Å². The molecule has 2 nitrogen and oxygen atoms in total. The highest BCUT2D eigenvalue weighted by Crippen LogP contribution is 2.31. The van der Waals surface area contributed by atoms with Gasteiger partial charge in [0.25, 0.3) is 0 Å². The van der Waals surface area contributed by atoms with Crippen molar-refractivity contribution in [1.29, 1.82) is 0 Å². The second-order valence-electron chi connectivity index (χ2n) is 3.82. The molecule has 0 bridgehead atoms. The van der Waals surface area contributed by atoms with Crippen LogP contribution in [0, 0.1) is 0 Å². The molecule has 1 aromatic carbocycles. The van der Waals surface area contributed by atoms with Crippen LogP contribution >= 0.6 is 10.9 Å². The van der Waals surface area contributed by atoms with Crippen LogP contribution in [0.25, 0.3) is 11.3 Å². The first-order valence-electron chi connectivity index (χ1n) is 4.94. The van der Waals surface area contributed by atoms with Gasteiger partial charge in [0, 0.05) is 18.8 Å². The van der Waals surface area contributed by atoms with Crippen LogP contribution in [0.1, 0.15) is 0 Å². The fraction of sp³-hybridized carbons (Fsp3) is 0.250. The third-order valence-corrected chi connectivity index (χ3v) is 3.68. The van der Waals surface area contributed by atoms with Gasteiger partial charge in [-0.15, -0.1) is 0 Å². The number of aryl methyl sites for hydroxylation is 1. The van der Waals surface area contributed by atoms with E-state index in [9.17, 15) is 0 Å². The zero-order chi connectivity index (χ0) is 10.8. The molecule has 0 N–H and O–H groups in total. The zero-order valence-electron chi connectivity index (χ0n) is 9.31. The van der Waals surface area contributed by atoms with Gasteiger partial charge in [-0.1, -0.05) is 18.2 Å². The van der Waals surface area contributed by atoms with Crippen LogP contribution < -0.4 is 0 Å². The minimum Gasteiger partial charge on any atom is -0.275 e. The molecule has 0 radical (unpaired) electrons. The maximum Gasteiger partial charge on any atom is 0.0923 e. The smallest absolute Gasteiger partial charge is 0.0923 e. The number of rotatable bonds is 2. The van der Waals surface area contributed by atoms with Crippen LogP contribution in [0.2, 0.25) is 0 Å². The van der Waals surface area contributed by atoms with Crippen LogP contribution in [-0.4, -0.2) is 22.3 Å². The van der Waals surface area contributed by atoms with E-state index in [1.165, 1.54) is 10.5 Å². The fourth-order valence-corrected chi connectivity index (χ4v) is 2.29. The molecule has 0 saturated carbocycles. The zero-order valence-corrected chi connectivity index (χ0v) is 10.2. The Morgan fingerprint density at radius 2 is 2.00 bits per heavy atom. The van der Waals surface area contributed by atoms with Crippen LogP contribution in [-0.2, 0) is 7.05 Å². The summed E-state index contributed by atoms with van der Waals surface area (Å²) in [5.41, 5.74) is 2.26. The van der Waals surface area contributed by atoms with Crippen molar-refractivity contribution in [2.75, 3.05) is 12.5 Å². The highest BCUT2D eigenvalue weighted by atomic mass is 32.2. The molecule has 1 aromatic heterocycles. The summed E-state index contributed by atoms with van der Waals surface area (Å²) in [5.74, 6) is 0. The molecule has 0 saturated heterocycles. The maximum atomic E-state index is 4.41. The van der Waals surface area contributed by atoms with Gasteiger partial charge in [-0.25, -0.2) is 10.9 Å². The molecule has 0 aliphatic heterocycles. The predicted octanol–water partition coefficient (Wildman–Crippen LogP) is 2.71. The van der Waals surface area contributed by atoms with E-state index in [-0.39, 0.29) is 10.9 Å². The minimum absolute atomic E-state index is 0.0299. The van der Waals surface area contributed by atoms with Crippen molar-refractivity contribution in [2.24, 2.45) is 7.05 Å². The average Bonchev–Trinajstić information content (AvgIpc) is 2.65. The number of benzene rings is 1. The van der Waals surface area contributed by atoms with Crippen molar-refractivity contribution in [2.45, 2.75) is 4.90 Å². The fourth-order valence-electron chi connectivity index (χ4n) is 1.51. The van der Waals surface area contributed by atoms with Gasteiger partial charge in [-0.3, -0.25) is 4.68 Å². The highest BCUT2D eigenvalue weighted by molar-refractivity contribution is 8.15. The molecule has 80 valence electrons. The van der Waals surface area contributed by atoms with Crippen molar-refractivity contribution < 1.29 is 0 Å². The minimum atomic E-state index is -0.0299. The Labute approximate surface area is 93.3 Å². The van der Waals surface area contributed by atoms with Crippen molar-refractivity contribution in [1.82, 2.24) is 9.78 Å². The van der Waals surface area contributed by atoms with Gasteiger partial charge < -0.3 is 0 Å². The van der Waals surface area contributed by atoms with E-state index in [0.717, 1.165) is 5.69 Å². The Hall–Kier alpha value is -1.22. The Kier molecular flexibility index (Phi) is 2.82. The van der Waals surface area contributed by atoms with Crippen LogP contribution in [0.5, 0.6) is 0 Å². The first-order valence-corrected chi connectivity index (χ1v) is 7.18. The van der Waals surface area contributed by atoms with Crippen LogP contribution in [0.3, 0.4) is 0 Å². The average molecular weight is 220 g/mol. The molecule has 0 fully saturated rings. The standard InChI is InChI=1S/C12H16N2S/c1-14-8-7-12(13-14)10-5-4-6-11(9-10)15(2)3/h4-9,15H,1-3H3. The van der Waals surface area contributed by atoms with Gasteiger partial charge in [-0.2, -0.15) is 5.10 Å². The first-order chi connectivity index (χ1) is 7.16. The Morgan fingerprint density at radius 1 is 1.20 bits per heavy atom. The Morgan fingerprint density at radius 3 is 2.60 bits per heavy atom. The van der Waals surface area contributed by atoms with E-state index in [2.05, 4.69) is 41.9 Å². The van der Waals surface area contributed by atoms with Gasteiger partial charge >= 0.3 is 0 Å². The number of hydrogen-bond donors (Lipinski definition) is 1. The summed E-state index contributed by atoms with van der Waals surface area (Å²) in [6.45, 7) is 0. The molecule has 1 heterocycles. The lowest BCUT2D eigenvalue weighted by Crippen LogP contribution is -1.88. The molecule has 0 amide bonds. The molecule has 0 unspecified atom stereocenters. The monoisotopic (exact) mass is 220 g/mol. The van der Waals surface area contributed by atoms with Gasteiger partial charge in [0.2, 0.25) is 0 Å². The van der Waals surface area contributed by atoms with E-state index >= 15 is 0 Å². The summed E-state index contributed by atoms with van der Waals surface area (Å²) in [6, 6.07) is 10.7. The van der Waals surface area contributed by atoms with Crippen molar-refractivity contribution in [3.05, 3.63) is 36.5 Å². The van der Waals surface area contributed by atoms with Gasteiger partial charge in [0.15, 0.2) is 0 Å². The lowest BCUT2D eigenvalue weighted by Gasteiger charge is -2.10. The van der Waals surface area contributed by atoms with Crippen molar-refractivity contribution in [3.63, 3.8) is 0 Å². The summed E-state index contributed by atoms with van der Waals surface area (Å²) in [6.07, 6.45) is 6.52. The van der Waals surface area contributed by atoms with Gasteiger partial charge in [0.05, 0.1) is 5.69 Å². The number of thiol groups is 1. The number of hydrogen-bond acceptors (Lipinski definition) is 1. The van der Waals surface area contributed by atoms with E-state index < -0.39 is 0 Å². The molecule has 2 rings (SSSR count).